The molecule has 1 saturated heterocycles. The molecule has 17 heavy (non-hydrogen) atoms. The maximum atomic E-state index is 5.69. The van der Waals surface area contributed by atoms with Gasteiger partial charge < -0.3 is 10.1 Å². The van der Waals surface area contributed by atoms with E-state index in [2.05, 4.69) is 44.9 Å². The van der Waals surface area contributed by atoms with Gasteiger partial charge in [-0.2, -0.15) is 11.8 Å². The minimum atomic E-state index is 0.438. The molecule has 0 amide bonds. The molecule has 2 nitrogen and oxygen atoms in total. The standard InChI is InChI=1S/C14H27NOS/c1-10-11(7-9-16-10)17-12-6-5-8-14(2,3)13(12)15-4/h10-13,15H,5-9H2,1-4H3. The van der Waals surface area contributed by atoms with E-state index in [1.807, 2.05) is 0 Å². The third kappa shape index (κ3) is 2.99. The summed E-state index contributed by atoms with van der Waals surface area (Å²) in [5, 5.41) is 5.05. The molecule has 0 bridgehead atoms. The van der Waals surface area contributed by atoms with Gasteiger partial charge in [0.2, 0.25) is 0 Å². The van der Waals surface area contributed by atoms with Crippen molar-refractivity contribution in [3.8, 4) is 0 Å². The van der Waals surface area contributed by atoms with Crippen LogP contribution in [0.1, 0.15) is 46.5 Å². The maximum absolute atomic E-state index is 5.69. The Morgan fingerprint density at radius 1 is 1.24 bits per heavy atom. The summed E-state index contributed by atoms with van der Waals surface area (Å²) in [4.78, 5) is 0. The Morgan fingerprint density at radius 2 is 2.00 bits per heavy atom. The van der Waals surface area contributed by atoms with Gasteiger partial charge in [-0.25, -0.2) is 0 Å². The van der Waals surface area contributed by atoms with Crippen molar-refractivity contribution in [3.05, 3.63) is 0 Å². The summed E-state index contributed by atoms with van der Waals surface area (Å²) < 4.78 is 5.69. The van der Waals surface area contributed by atoms with Crippen LogP contribution in [0.3, 0.4) is 0 Å². The Balaban J connectivity index is 1.98. The Hall–Kier alpha value is 0.270. The van der Waals surface area contributed by atoms with Crippen LogP contribution >= 0.6 is 11.8 Å². The Labute approximate surface area is 110 Å². The van der Waals surface area contributed by atoms with Crippen LogP contribution in [0.15, 0.2) is 0 Å². The number of hydrogen-bond donors (Lipinski definition) is 1. The van der Waals surface area contributed by atoms with Crippen LogP contribution in [0.2, 0.25) is 0 Å². The molecule has 1 N–H and O–H groups in total. The summed E-state index contributed by atoms with van der Waals surface area (Å²) >= 11 is 2.18. The van der Waals surface area contributed by atoms with Crippen LogP contribution in [0.25, 0.3) is 0 Å². The number of hydrogen-bond acceptors (Lipinski definition) is 3. The first-order valence-corrected chi connectivity index (χ1v) is 7.93. The zero-order valence-corrected chi connectivity index (χ0v) is 12.5. The summed E-state index contributed by atoms with van der Waals surface area (Å²) in [5.74, 6) is 0. The Bertz CT molecular complexity index is 257. The SMILES string of the molecule is CNC1C(SC2CCOC2C)CCCC1(C)C. The molecule has 4 atom stereocenters. The first-order valence-electron chi connectivity index (χ1n) is 6.99. The minimum absolute atomic E-state index is 0.438. The second-order valence-electron chi connectivity index (χ2n) is 6.22. The van der Waals surface area contributed by atoms with Crippen molar-refractivity contribution in [2.24, 2.45) is 5.41 Å². The molecule has 0 spiro atoms. The molecule has 0 aromatic heterocycles. The molecule has 1 aliphatic heterocycles. The second-order valence-corrected chi connectivity index (χ2v) is 7.71. The monoisotopic (exact) mass is 257 g/mol. The average Bonchev–Trinajstić information content (AvgIpc) is 2.64. The highest BCUT2D eigenvalue weighted by Gasteiger charge is 2.40. The fourth-order valence-electron chi connectivity index (χ4n) is 3.42. The van der Waals surface area contributed by atoms with E-state index in [9.17, 15) is 0 Å². The first kappa shape index (κ1) is 13.7. The van der Waals surface area contributed by atoms with Gasteiger partial charge in [0.15, 0.2) is 0 Å². The highest BCUT2D eigenvalue weighted by Crippen LogP contribution is 2.43. The summed E-state index contributed by atoms with van der Waals surface area (Å²) in [5.41, 5.74) is 0.438. The molecule has 100 valence electrons. The Morgan fingerprint density at radius 3 is 2.59 bits per heavy atom. The van der Waals surface area contributed by atoms with Crippen LogP contribution in [-0.2, 0) is 4.74 Å². The summed E-state index contributed by atoms with van der Waals surface area (Å²) in [6.07, 6.45) is 5.78. The topological polar surface area (TPSA) is 21.3 Å². The van der Waals surface area contributed by atoms with E-state index in [0.717, 1.165) is 11.9 Å². The molecule has 1 saturated carbocycles. The van der Waals surface area contributed by atoms with Gasteiger partial charge in [-0.1, -0.05) is 20.3 Å². The molecule has 2 aliphatic rings. The zero-order valence-electron chi connectivity index (χ0n) is 11.7. The molecule has 3 heteroatoms. The molecule has 0 radical (unpaired) electrons. The molecule has 4 unspecified atom stereocenters. The molecule has 0 aromatic rings. The fourth-order valence-corrected chi connectivity index (χ4v) is 5.37. The van der Waals surface area contributed by atoms with E-state index in [1.54, 1.807) is 0 Å². The van der Waals surface area contributed by atoms with E-state index < -0.39 is 0 Å². The molecule has 2 rings (SSSR count). The van der Waals surface area contributed by atoms with E-state index in [-0.39, 0.29) is 0 Å². The van der Waals surface area contributed by atoms with Crippen LogP contribution in [0.5, 0.6) is 0 Å². The predicted molar refractivity (Wildman–Crippen MR) is 75.7 cm³/mol. The van der Waals surface area contributed by atoms with Crippen molar-refractivity contribution in [3.63, 3.8) is 0 Å². The Kier molecular flexibility index (Phi) is 4.43. The van der Waals surface area contributed by atoms with Crippen molar-refractivity contribution < 1.29 is 4.74 Å². The van der Waals surface area contributed by atoms with E-state index in [1.165, 1.54) is 25.7 Å². The van der Waals surface area contributed by atoms with Crippen LogP contribution in [0.4, 0.5) is 0 Å². The summed E-state index contributed by atoms with van der Waals surface area (Å²) in [7, 11) is 2.12. The number of rotatable bonds is 3. The van der Waals surface area contributed by atoms with Crippen molar-refractivity contribution in [1.82, 2.24) is 5.32 Å². The van der Waals surface area contributed by atoms with Crippen LogP contribution in [0, 0.1) is 5.41 Å². The molecule has 1 heterocycles. The van der Waals surface area contributed by atoms with Gasteiger partial charge in [0.25, 0.3) is 0 Å². The van der Waals surface area contributed by atoms with Gasteiger partial charge >= 0.3 is 0 Å². The van der Waals surface area contributed by atoms with Gasteiger partial charge in [-0.05, 0) is 38.6 Å². The number of nitrogens with one attached hydrogen (secondary N) is 1. The first-order chi connectivity index (χ1) is 8.04. The van der Waals surface area contributed by atoms with Gasteiger partial charge in [0.1, 0.15) is 0 Å². The van der Waals surface area contributed by atoms with E-state index >= 15 is 0 Å². The lowest BCUT2D eigenvalue weighted by atomic mass is 9.73. The largest absolute Gasteiger partial charge is 0.377 e. The van der Waals surface area contributed by atoms with Gasteiger partial charge in [0, 0.05) is 23.1 Å². The fraction of sp³-hybridized carbons (Fsp3) is 1.00. The van der Waals surface area contributed by atoms with Gasteiger partial charge in [-0.15, -0.1) is 0 Å². The highest BCUT2D eigenvalue weighted by atomic mass is 32.2. The molecule has 1 aliphatic carbocycles. The zero-order chi connectivity index (χ0) is 12.5. The predicted octanol–water partition coefficient (Wildman–Crippen LogP) is 3.06. The normalized spacial score (nSPS) is 41.6. The van der Waals surface area contributed by atoms with Gasteiger partial charge in [0.05, 0.1) is 6.10 Å². The van der Waals surface area contributed by atoms with Crippen molar-refractivity contribution in [2.75, 3.05) is 13.7 Å². The molecule has 0 aromatic carbocycles. The van der Waals surface area contributed by atoms with E-state index in [0.29, 0.717) is 22.8 Å². The lowest BCUT2D eigenvalue weighted by Gasteiger charge is -2.44. The quantitative estimate of drug-likeness (QED) is 0.839. The highest BCUT2D eigenvalue weighted by molar-refractivity contribution is 8.00. The lowest BCUT2D eigenvalue weighted by molar-refractivity contribution is 0.127. The van der Waals surface area contributed by atoms with Gasteiger partial charge in [-0.3, -0.25) is 0 Å². The summed E-state index contributed by atoms with van der Waals surface area (Å²) in [6, 6.07) is 0.647. The molecular weight excluding hydrogens is 230 g/mol. The lowest BCUT2D eigenvalue weighted by Crippen LogP contribution is -2.50. The molecule has 2 fully saturated rings. The van der Waals surface area contributed by atoms with E-state index in [4.69, 9.17) is 4.74 Å². The third-order valence-electron chi connectivity index (χ3n) is 4.49. The van der Waals surface area contributed by atoms with Crippen LogP contribution in [-0.4, -0.2) is 36.3 Å². The second kappa shape index (κ2) is 5.50. The number of ether oxygens (including phenoxy) is 1. The molecular formula is C14H27NOS. The summed E-state index contributed by atoms with van der Waals surface area (Å²) in [6.45, 7) is 8.01. The van der Waals surface area contributed by atoms with Crippen molar-refractivity contribution in [1.29, 1.82) is 0 Å². The van der Waals surface area contributed by atoms with Crippen molar-refractivity contribution >= 4 is 11.8 Å². The van der Waals surface area contributed by atoms with Crippen molar-refractivity contribution in [2.45, 2.75) is 69.1 Å². The van der Waals surface area contributed by atoms with Crippen LogP contribution < -0.4 is 5.32 Å². The minimum Gasteiger partial charge on any atom is -0.377 e. The smallest absolute Gasteiger partial charge is 0.0666 e. The average molecular weight is 257 g/mol. The maximum Gasteiger partial charge on any atom is 0.0666 e. The number of thioether (sulfide) groups is 1. The third-order valence-corrected chi connectivity index (χ3v) is 6.32.